The van der Waals surface area contributed by atoms with Crippen molar-refractivity contribution >= 4 is 11.6 Å². The lowest BCUT2D eigenvalue weighted by molar-refractivity contribution is -0.385. The summed E-state index contributed by atoms with van der Waals surface area (Å²) in [7, 11) is 0. The average molecular weight is 218 g/mol. The second-order valence-corrected chi connectivity index (χ2v) is 3.20. The minimum Gasteiger partial charge on any atom is -0.369 e. The van der Waals surface area contributed by atoms with Gasteiger partial charge >= 0.3 is 0 Å². The number of aryl methyl sites for hydroxylation is 1. The Labute approximate surface area is 92.4 Å². The van der Waals surface area contributed by atoms with Gasteiger partial charge in [-0.15, -0.1) is 0 Å². The number of primary amides is 1. The van der Waals surface area contributed by atoms with E-state index in [1.807, 2.05) is 0 Å². The number of carbonyl (C=O) groups excluding carboxylic acids is 1. The highest BCUT2D eigenvalue weighted by Crippen LogP contribution is 2.18. The number of hydrogen-bond donors (Lipinski definition) is 1. The Balaban J connectivity index is 2.92. The van der Waals surface area contributed by atoms with E-state index in [4.69, 9.17) is 5.73 Å². The monoisotopic (exact) mass is 218 g/mol. The van der Waals surface area contributed by atoms with Crippen molar-refractivity contribution in [1.29, 1.82) is 0 Å². The first kappa shape index (κ1) is 11.7. The van der Waals surface area contributed by atoms with Crippen molar-refractivity contribution < 1.29 is 9.72 Å². The largest absolute Gasteiger partial charge is 0.369 e. The highest BCUT2D eigenvalue weighted by Gasteiger charge is 2.08. The van der Waals surface area contributed by atoms with Crippen molar-refractivity contribution in [3.8, 4) is 11.8 Å². The Morgan fingerprint density at radius 1 is 1.56 bits per heavy atom. The lowest BCUT2D eigenvalue weighted by Gasteiger charge is -1.96. The van der Waals surface area contributed by atoms with Crippen LogP contribution in [0.3, 0.4) is 0 Å². The summed E-state index contributed by atoms with van der Waals surface area (Å²) in [5, 5.41) is 10.5. The van der Waals surface area contributed by atoms with Gasteiger partial charge in [0.1, 0.15) is 0 Å². The van der Waals surface area contributed by atoms with E-state index >= 15 is 0 Å². The second kappa shape index (κ2) is 4.94. The van der Waals surface area contributed by atoms with E-state index in [1.165, 1.54) is 6.07 Å². The van der Waals surface area contributed by atoms with Gasteiger partial charge in [0.2, 0.25) is 5.91 Å². The third-order valence-electron chi connectivity index (χ3n) is 1.89. The number of nitrogens with zero attached hydrogens (tertiary/aromatic N) is 1. The normalized spacial score (nSPS) is 9.06. The van der Waals surface area contributed by atoms with Crippen molar-refractivity contribution in [2.24, 2.45) is 5.73 Å². The zero-order valence-corrected chi connectivity index (χ0v) is 8.69. The molecule has 1 rings (SSSR count). The SMILES string of the molecule is Cc1cc(C#CCC(N)=O)ccc1[N+](=O)[O-]. The number of amides is 1. The highest BCUT2D eigenvalue weighted by atomic mass is 16.6. The number of benzene rings is 1. The summed E-state index contributed by atoms with van der Waals surface area (Å²) in [5.41, 5.74) is 6.14. The van der Waals surface area contributed by atoms with E-state index < -0.39 is 10.8 Å². The smallest absolute Gasteiger partial charge is 0.272 e. The van der Waals surface area contributed by atoms with Gasteiger partial charge in [0, 0.05) is 17.2 Å². The number of nitro benzene ring substituents is 1. The van der Waals surface area contributed by atoms with Crippen molar-refractivity contribution in [1.82, 2.24) is 0 Å². The number of nitrogens with two attached hydrogens (primary N) is 1. The standard InChI is InChI=1S/C11H10N2O3/c1-8-7-9(3-2-4-11(12)14)5-6-10(8)13(15)16/h5-7H,4H2,1H3,(H2,12,14). The van der Waals surface area contributed by atoms with Crippen LogP contribution in [0.1, 0.15) is 17.5 Å². The topological polar surface area (TPSA) is 86.2 Å². The van der Waals surface area contributed by atoms with Crippen LogP contribution in [-0.4, -0.2) is 10.8 Å². The Hall–Kier alpha value is -2.35. The van der Waals surface area contributed by atoms with Crippen LogP contribution in [0.4, 0.5) is 5.69 Å². The van der Waals surface area contributed by atoms with Crippen molar-refractivity contribution in [2.75, 3.05) is 0 Å². The maximum Gasteiger partial charge on any atom is 0.272 e. The van der Waals surface area contributed by atoms with Crippen LogP contribution in [0, 0.1) is 28.9 Å². The number of hydrogen-bond acceptors (Lipinski definition) is 3. The maximum atomic E-state index is 10.5. The molecule has 0 aliphatic carbocycles. The first-order chi connectivity index (χ1) is 7.50. The van der Waals surface area contributed by atoms with E-state index in [0.717, 1.165) is 0 Å². The number of rotatable bonds is 2. The van der Waals surface area contributed by atoms with E-state index in [2.05, 4.69) is 11.8 Å². The summed E-state index contributed by atoms with van der Waals surface area (Å²) >= 11 is 0. The molecule has 0 fully saturated rings. The zero-order chi connectivity index (χ0) is 12.1. The fourth-order valence-electron chi connectivity index (χ4n) is 1.17. The summed E-state index contributed by atoms with van der Waals surface area (Å²) in [4.78, 5) is 20.5. The first-order valence-corrected chi connectivity index (χ1v) is 4.53. The minimum atomic E-state index is -0.494. The Bertz CT molecular complexity index is 498. The third-order valence-corrected chi connectivity index (χ3v) is 1.89. The molecule has 5 nitrogen and oxygen atoms in total. The van der Waals surface area contributed by atoms with E-state index in [9.17, 15) is 14.9 Å². The molecule has 0 spiro atoms. The fraction of sp³-hybridized carbons (Fsp3) is 0.182. The summed E-state index contributed by atoms with van der Waals surface area (Å²) in [6.45, 7) is 1.64. The maximum absolute atomic E-state index is 10.5. The lowest BCUT2D eigenvalue weighted by atomic mass is 10.1. The molecular formula is C11H10N2O3. The van der Waals surface area contributed by atoms with Crippen molar-refractivity contribution in [3.05, 3.63) is 39.4 Å². The highest BCUT2D eigenvalue weighted by molar-refractivity contribution is 5.76. The molecule has 0 saturated carbocycles. The second-order valence-electron chi connectivity index (χ2n) is 3.20. The minimum absolute atomic E-state index is 0.0178. The predicted octanol–water partition coefficient (Wildman–Crippen LogP) is 1.13. The molecule has 0 aliphatic rings. The van der Waals surface area contributed by atoms with Crippen LogP contribution in [0.5, 0.6) is 0 Å². The van der Waals surface area contributed by atoms with Gasteiger partial charge in [-0.2, -0.15) is 0 Å². The van der Waals surface area contributed by atoms with E-state index in [0.29, 0.717) is 11.1 Å². The summed E-state index contributed by atoms with van der Waals surface area (Å²) < 4.78 is 0. The summed E-state index contributed by atoms with van der Waals surface area (Å²) in [6, 6.07) is 4.54. The first-order valence-electron chi connectivity index (χ1n) is 4.53. The van der Waals surface area contributed by atoms with Gasteiger partial charge in [0.15, 0.2) is 0 Å². The van der Waals surface area contributed by atoms with E-state index in [-0.39, 0.29) is 12.1 Å². The van der Waals surface area contributed by atoms with Gasteiger partial charge < -0.3 is 5.73 Å². The van der Waals surface area contributed by atoms with Crippen LogP contribution in [0.2, 0.25) is 0 Å². The molecule has 0 aromatic heterocycles. The van der Waals surface area contributed by atoms with Crippen LogP contribution in [0.15, 0.2) is 18.2 Å². The number of carbonyl (C=O) groups is 1. The zero-order valence-electron chi connectivity index (χ0n) is 8.69. The van der Waals surface area contributed by atoms with Crippen LogP contribution in [0.25, 0.3) is 0 Å². The van der Waals surface area contributed by atoms with Crippen molar-refractivity contribution in [3.63, 3.8) is 0 Å². The molecule has 1 aromatic rings. The quantitative estimate of drug-likeness (QED) is 0.458. The predicted molar refractivity (Wildman–Crippen MR) is 58.5 cm³/mol. The molecular weight excluding hydrogens is 208 g/mol. The molecule has 0 bridgehead atoms. The van der Waals surface area contributed by atoms with Gasteiger partial charge in [0.25, 0.3) is 5.69 Å². The molecule has 0 atom stereocenters. The molecule has 0 aliphatic heterocycles. The fourth-order valence-corrected chi connectivity index (χ4v) is 1.17. The van der Waals surface area contributed by atoms with Crippen LogP contribution < -0.4 is 5.73 Å². The lowest BCUT2D eigenvalue weighted by Crippen LogP contribution is -2.08. The molecule has 82 valence electrons. The Morgan fingerprint density at radius 3 is 2.75 bits per heavy atom. The average Bonchev–Trinajstić information content (AvgIpc) is 2.16. The van der Waals surface area contributed by atoms with Crippen molar-refractivity contribution in [2.45, 2.75) is 13.3 Å². The van der Waals surface area contributed by atoms with Gasteiger partial charge in [0.05, 0.1) is 11.3 Å². The van der Waals surface area contributed by atoms with Gasteiger partial charge in [-0.05, 0) is 19.1 Å². The van der Waals surface area contributed by atoms with Gasteiger partial charge in [-0.1, -0.05) is 11.8 Å². The Kier molecular flexibility index (Phi) is 3.62. The summed E-state index contributed by atoms with van der Waals surface area (Å²) in [5.74, 6) is 4.80. The molecule has 5 heteroatoms. The van der Waals surface area contributed by atoms with E-state index in [1.54, 1.807) is 19.1 Å². The molecule has 0 heterocycles. The van der Waals surface area contributed by atoms with Crippen LogP contribution >= 0.6 is 0 Å². The third kappa shape index (κ3) is 3.10. The van der Waals surface area contributed by atoms with Gasteiger partial charge in [-0.3, -0.25) is 14.9 Å². The Morgan fingerprint density at radius 2 is 2.25 bits per heavy atom. The van der Waals surface area contributed by atoms with Gasteiger partial charge in [-0.25, -0.2) is 0 Å². The molecule has 0 radical (unpaired) electrons. The molecule has 2 N–H and O–H groups in total. The molecule has 0 unspecified atom stereocenters. The molecule has 16 heavy (non-hydrogen) atoms. The number of nitro groups is 1. The van der Waals surface area contributed by atoms with Crippen LogP contribution in [-0.2, 0) is 4.79 Å². The summed E-state index contributed by atoms with van der Waals surface area (Å²) in [6.07, 6.45) is -0.0178. The molecule has 0 saturated heterocycles. The molecule has 1 aromatic carbocycles. The molecule has 1 amide bonds.